The zero-order valence-electron chi connectivity index (χ0n) is 8.06. The molecule has 0 unspecified atom stereocenters. The molecule has 0 bridgehead atoms. The highest BCUT2D eigenvalue weighted by atomic mass is 35.8. The van der Waals surface area contributed by atoms with Gasteiger partial charge in [-0.3, -0.25) is 0 Å². The van der Waals surface area contributed by atoms with Crippen LogP contribution in [-0.2, 0) is 6.42 Å². The van der Waals surface area contributed by atoms with Crippen molar-refractivity contribution in [2.45, 2.75) is 26.2 Å². The van der Waals surface area contributed by atoms with Gasteiger partial charge in [0.05, 0.1) is 0 Å². The number of benzene rings is 1. The molecule has 1 rings (SSSR count). The smallest absolute Gasteiger partial charge is 0.121 e. The van der Waals surface area contributed by atoms with E-state index in [1.807, 2.05) is 12.1 Å². The van der Waals surface area contributed by atoms with E-state index in [0.717, 1.165) is 11.6 Å². The molecule has 0 saturated carbocycles. The molecule has 0 atom stereocenters. The van der Waals surface area contributed by atoms with Crippen LogP contribution in [0.2, 0.25) is 0 Å². The summed E-state index contributed by atoms with van der Waals surface area (Å²) in [6, 6.07) is 5.31. The highest BCUT2D eigenvalue weighted by Crippen LogP contribution is 2.19. The lowest BCUT2D eigenvalue weighted by Gasteiger charge is -2.08. The summed E-state index contributed by atoms with van der Waals surface area (Å²) in [6.07, 6.45) is 3.53. The van der Waals surface area contributed by atoms with E-state index in [0.29, 0.717) is 0 Å². The van der Waals surface area contributed by atoms with Crippen molar-refractivity contribution in [3.63, 3.8) is 0 Å². The minimum atomic E-state index is -2.67. The monoisotopic (exact) mass is 266 g/mol. The third-order valence-corrected chi connectivity index (χ3v) is 5.05. The number of rotatable bonds is 4. The Kier molecular flexibility index (Phi) is 4.78. The predicted molar refractivity (Wildman–Crippen MR) is 68.0 cm³/mol. The Hall–Kier alpha value is 0.307. The van der Waals surface area contributed by atoms with Gasteiger partial charge in [0.15, 0.2) is 0 Å². The van der Waals surface area contributed by atoms with E-state index in [9.17, 15) is 0 Å². The maximum atomic E-state index is 5.88. The molecule has 0 spiro atoms. The van der Waals surface area contributed by atoms with E-state index in [2.05, 4.69) is 19.1 Å². The van der Waals surface area contributed by atoms with Crippen LogP contribution in [0.5, 0.6) is 0 Å². The maximum Gasteiger partial charge on any atom is 0.372 e. The summed E-state index contributed by atoms with van der Waals surface area (Å²) < 4.78 is 0. The summed E-state index contributed by atoms with van der Waals surface area (Å²) >= 11 is 17.7. The standard InChI is InChI=1S/C10H13Cl3Si/c1-2-3-4-9-5-7-10(8-6-9)14(11,12)13/h5-8H,2-4H2,1H3. The van der Waals surface area contributed by atoms with Gasteiger partial charge in [0, 0.05) is 0 Å². The molecule has 0 saturated heterocycles. The van der Waals surface area contributed by atoms with Gasteiger partial charge in [-0.2, -0.15) is 0 Å². The molecular formula is C10H13Cl3Si. The second-order valence-corrected chi connectivity index (χ2v) is 11.7. The van der Waals surface area contributed by atoms with Crippen molar-refractivity contribution in [1.29, 1.82) is 0 Å². The molecule has 0 nitrogen and oxygen atoms in total. The molecule has 0 fully saturated rings. The molecule has 1 aromatic rings. The summed E-state index contributed by atoms with van der Waals surface area (Å²) in [5.41, 5.74) is 1.32. The Bertz CT molecular complexity index is 276. The lowest BCUT2D eigenvalue weighted by atomic mass is 10.1. The van der Waals surface area contributed by atoms with Crippen molar-refractivity contribution in [2.75, 3.05) is 0 Å². The van der Waals surface area contributed by atoms with Crippen LogP contribution in [-0.4, -0.2) is 6.00 Å². The molecule has 1 aromatic carbocycles. The topological polar surface area (TPSA) is 0 Å². The molecular weight excluding hydrogens is 255 g/mol. The van der Waals surface area contributed by atoms with Gasteiger partial charge in [-0.1, -0.05) is 37.6 Å². The first kappa shape index (κ1) is 12.4. The lowest BCUT2D eigenvalue weighted by Crippen LogP contribution is -2.29. The number of aryl methyl sites for hydroxylation is 1. The largest absolute Gasteiger partial charge is 0.372 e. The second-order valence-electron chi connectivity index (χ2n) is 3.30. The molecule has 0 aromatic heterocycles. The zero-order valence-corrected chi connectivity index (χ0v) is 11.3. The van der Waals surface area contributed by atoms with Gasteiger partial charge in [0.2, 0.25) is 0 Å². The van der Waals surface area contributed by atoms with Crippen LogP contribution in [0.25, 0.3) is 0 Å². The molecule has 78 valence electrons. The Morgan fingerprint density at radius 3 is 2.07 bits per heavy atom. The first-order chi connectivity index (χ1) is 6.54. The summed E-state index contributed by atoms with van der Waals surface area (Å²) in [7, 11) is 0. The minimum Gasteiger partial charge on any atom is -0.121 e. The fourth-order valence-corrected chi connectivity index (χ4v) is 2.92. The van der Waals surface area contributed by atoms with Gasteiger partial charge in [-0.25, -0.2) is 0 Å². The van der Waals surface area contributed by atoms with Crippen LogP contribution in [0.15, 0.2) is 24.3 Å². The Morgan fingerprint density at radius 2 is 1.64 bits per heavy atom. The first-order valence-electron chi connectivity index (χ1n) is 4.70. The molecule has 0 aliphatic heterocycles. The van der Waals surface area contributed by atoms with Crippen LogP contribution >= 0.6 is 33.2 Å². The van der Waals surface area contributed by atoms with Gasteiger partial charge in [-0.05, 0) is 23.6 Å². The molecule has 0 aliphatic rings. The first-order valence-corrected chi connectivity index (χ1v) is 9.73. The minimum absolute atomic E-state index is 0.864. The van der Waals surface area contributed by atoms with Crippen molar-refractivity contribution in [3.8, 4) is 0 Å². The highest BCUT2D eigenvalue weighted by Gasteiger charge is 2.27. The third-order valence-electron chi connectivity index (χ3n) is 2.10. The molecule has 14 heavy (non-hydrogen) atoms. The van der Waals surface area contributed by atoms with Crippen LogP contribution in [0.1, 0.15) is 25.3 Å². The molecule has 4 heteroatoms. The summed E-state index contributed by atoms with van der Waals surface area (Å²) in [4.78, 5) is 0. The van der Waals surface area contributed by atoms with Crippen LogP contribution < -0.4 is 5.19 Å². The van der Waals surface area contributed by atoms with Crippen molar-refractivity contribution in [2.24, 2.45) is 0 Å². The third kappa shape index (κ3) is 3.82. The number of halogens is 3. The summed E-state index contributed by atoms with van der Waals surface area (Å²) in [5, 5.41) is 0.864. The lowest BCUT2D eigenvalue weighted by molar-refractivity contribution is 0.795. The zero-order chi connectivity index (χ0) is 10.6. The van der Waals surface area contributed by atoms with Crippen molar-refractivity contribution in [1.82, 2.24) is 0 Å². The van der Waals surface area contributed by atoms with Gasteiger partial charge in [0.1, 0.15) is 0 Å². The van der Waals surface area contributed by atoms with Crippen LogP contribution in [0, 0.1) is 0 Å². The Balaban J connectivity index is 2.69. The van der Waals surface area contributed by atoms with Gasteiger partial charge in [-0.15, -0.1) is 33.2 Å². The Morgan fingerprint density at radius 1 is 1.07 bits per heavy atom. The molecule has 0 heterocycles. The van der Waals surface area contributed by atoms with E-state index >= 15 is 0 Å². The second kappa shape index (κ2) is 5.41. The van der Waals surface area contributed by atoms with E-state index < -0.39 is 6.00 Å². The van der Waals surface area contributed by atoms with Crippen molar-refractivity contribution >= 4 is 44.4 Å². The van der Waals surface area contributed by atoms with E-state index in [-0.39, 0.29) is 0 Å². The average molecular weight is 268 g/mol. The number of hydrogen-bond donors (Lipinski definition) is 0. The SMILES string of the molecule is CCCCc1ccc([Si](Cl)(Cl)Cl)cc1. The van der Waals surface area contributed by atoms with Gasteiger partial charge >= 0.3 is 6.00 Å². The van der Waals surface area contributed by atoms with E-state index in [4.69, 9.17) is 33.2 Å². The van der Waals surface area contributed by atoms with Crippen LogP contribution in [0.4, 0.5) is 0 Å². The fourth-order valence-electron chi connectivity index (χ4n) is 1.24. The predicted octanol–water partition coefficient (Wildman–Crippen LogP) is 3.89. The average Bonchev–Trinajstić information content (AvgIpc) is 2.14. The highest BCUT2D eigenvalue weighted by molar-refractivity contribution is 7.69. The summed E-state index contributed by atoms with van der Waals surface area (Å²) in [5.74, 6) is 0. The normalized spacial score (nSPS) is 11.7. The number of hydrogen-bond acceptors (Lipinski definition) is 0. The quantitative estimate of drug-likeness (QED) is 0.573. The van der Waals surface area contributed by atoms with Gasteiger partial charge < -0.3 is 0 Å². The number of unbranched alkanes of at least 4 members (excludes halogenated alkanes) is 1. The molecule has 0 amide bonds. The fraction of sp³-hybridized carbons (Fsp3) is 0.400. The van der Waals surface area contributed by atoms with E-state index in [1.165, 1.54) is 18.4 Å². The van der Waals surface area contributed by atoms with E-state index in [1.54, 1.807) is 0 Å². The summed E-state index contributed by atoms with van der Waals surface area (Å²) in [6.45, 7) is 2.18. The van der Waals surface area contributed by atoms with Gasteiger partial charge in [0.25, 0.3) is 0 Å². The molecule has 0 N–H and O–H groups in total. The Labute approximate surface area is 100 Å². The van der Waals surface area contributed by atoms with Crippen molar-refractivity contribution in [3.05, 3.63) is 29.8 Å². The molecule has 0 radical (unpaired) electrons. The maximum absolute atomic E-state index is 5.88. The van der Waals surface area contributed by atoms with Crippen molar-refractivity contribution < 1.29 is 0 Å². The molecule has 0 aliphatic carbocycles. The van der Waals surface area contributed by atoms with Crippen LogP contribution in [0.3, 0.4) is 0 Å².